The maximum atomic E-state index is 13.4. The zero-order chi connectivity index (χ0) is 21.1. The van der Waals surface area contributed by atoms with E-state index in [1.165, 1.54) is 11.3 Å². The van der Waals surface area contributed by atoms with E-state index in [9.17, 15) is 8.42 Å². The molecular weight excluding hydrogens is 394 g/mol. The summed E-state index contributed by atoms with van der Waals surface area (Å²) in [7, 11) is -3.50. The van der Waals surface area contributed by atoms with Crippen LogP contribution >= 0.6 is 0 Å². The van der Waals surface area contributed by atoms with Crippen LogP contribution in [0.5, 0.6) is 0 Å². The van der Waals surface area contributed by atoms with Gasteiger partial charge in [-0.1, -0.05) is 18.2 Å². The maximum Gasteiger partial charge on any atom is 0.243 e. The molecule has 2 aliphatic rings. The molecule has 2 aromatic carbocycles. The summed E-state index contributed by atoms with van der Waals surface area (Å²) < 4.78 is 30.6. The molecule has 5 nitrogen and oxygen atoms in total. The minimum atomic E-state index is -3.50. The molecule has 5 rings (SSSR count). The highest BCUT2D eigenvalue weighted by atomic mass is 32.2. The lowest BCUT2D eigenvalue weighted by Crippen LogP contribution is -2.51. The van der Waals surface area contributed by atoms with E-state index >= 15 is 0 Å². The summed E-state index contributed by atoms with van der Waals surface area (Å²) in [5, 5.41) is 3.79. The number of hydrogen-bond acceptors (Lipinski definition) is 3. The molecule has 156 valence electrons. The van der Waals surface area contributed by atoms with Gasteiger partial charge in [0, 0.05) is 25.0 Å². The zero-order valence-electron chi connectivity index (χ0n) is 17.6. The number of benzene rings is 2. The monoisotopic (exact) mass is 421 g/mol. The van der Waals surface area contributed by atoms with Gasteiger partial charge < -0.3 is 9.88 Å². The third-order valence-corrected chi connectivity index (χ3v) is 8.60. The predicted molar refractivity (Wildman–Crippen MR) is 120 cm³/mol. The van der Waals surface area contributed by atoms with Crippen molar-refractivity contribution in [2.75, 3.05) is 18.4 Å². The molecule has 6 heteroatoms. The molecule has 3 heterocycles. The number of aromatic nitrogens is 1. The van der Waals surface area contributed by atoms with Crippen molar-refractivity contribution >= 4 is 15.7 Å². The van der Waals surface area contributed by atoms with Gasteiger partial charge in [0.15, 0.2) is 0 Å². The van der Waals surface area contributed by atoms with Crippen molar-refractivity contribution < 1.29 is 8.42 Å². The number of sulfonamides is 1. The second kappa shape index (κ2) is 6.72. The maximum absolute atomic E-state index is 13.4. The molecule has 0 saturated carbocycles. The zero-order valence-corrected chi connectivity index (χ0v) is 18.5. The summed E-state index contributed by atoms with van der Waals surface area (Å²) in [6, 6.07) is 16.3. The summed E-state index contributed by atoms with van der Waals surface area (Å²) in [6.45, 7) is 6.89. The lowest BCUT2D eigenvalue weighted by molar-refractivity contribution is 0.247. The Morgan fingerprint density at radius 1 is 0.933 bits per heavy atom. The van der Waals surface area contributed by atoms with E-state index in [1.807, 2.05) is 26.0 Å². The first-order valence-corrected chi connectivity index (χ1v) is 11.9. The van der Waals surface area contributed by atoms with E-state index in [-0.39, 0.29) is 5.54 Å². The van der Waals surface area contributed by atoms with E-state index in [1.54, 1.807) is 10.4 Å². The minimum Gasteiger partial charge on any atom is -0.372 e. The van der Waals surface area contributed by atoms with Crippen molar-refractivity contribution in [2.45, 2.75) is 44.0 Å². The molecule has 0 unspecified atom stereocenters. The Balaban J connectivity index is 1.47. The van der Waals surface area contributed by atoms with Gasteiger partial charge in [0.25, 0.3) is 0 Å². The summed E-state index contributed by atoms with van der Waals surface area (Å²) in [5.41, 5.74) is 6.20. The lowest BCUT2D eigenvalue weighted by Gasteiger charge is -2.46. The molecule has 30 heavy (non-hydrogen) atoms. The van der Waals surface area contributed by atoms with Crippen LogP contribution in [0.2, 0.25) is 0 Å². The number of fused-ring (bicyclic) bond motifs is 4. The van der Waals surface area contributed by atoms with Crippen molar-refractivity contribution in [3.05, 3.63) is 77.1 Å². The highest BCUT2D eigenvalue weighted by molar-refractivity contribution is 7.89. The number of rotatable bonds is 2. The van der Waals surface area contributed by atoms with Crippen molar-refractivity contribution in [2.24, 2.45) is 0 Å². The molecule has 1 fully saturated rings. The summed E-state index contributed by atoms with van der Waals surface area (Å²) in [5.74, 6) is 0. The molecule has 3 aromatic rings. The van der Waals surface area contributed by atoms with Gasteiger partial charge in [0.1, 0.15) is 0 Å². The van der Waals surface area contributed by atoms with Gasteiger partial charge in [0.2, 0.25) is 10.0 Å². The molecule has 0 radical (unpaired) electrons. The summed E-state index contributed by atoms with van der Waals surface area (Å²) in [4.78, 5) is 0.430. The summed E-state index contributed by atoms with van der Waals surface area (Å²) in [6.07, 6.45) is 3.56. The van der Waals surface area contributed by atoms with E-state index in [4.69, 9.17) is 0 Å². The Kier molecular flexibility index (Phi) is 4.35. The van der Waals surface area contributed by atoms with Gasteiger partial charge in [-0.3, -0.25) is 0 Å². The largest absolute Gasteiger partial charge is 0.372 e. The van der Waals surface area contributed by atoms with Gasteiger partial charge in [-0.05, 0) is 80.6 Å². The lowest BCUT2D eigenvalue weighted by atomic mass is 9.83. The van der Waals surface area contributed by atoms with Gasteiger partial charge in [0.05, 0.1) is 21.8 Å². The van der Waals surface area contributed by atoms with Crippen molar-refractivity contribution in [3.63, 3.8) is 0 Å². The first-order chi connectivity index (χ1) is 14.3. The van der Waals surface area contributed by atoms with Gasteiger partial charge in [-0.25, -0.2) is 8.42 Å². The van der Waals surface area contributed by atoms with E-state index in [0.29, 0.717) is 18.0 Å². The molecule has 0 bridgehead atoms. The van der Waals surface area contributed by atoms with Gasteiger partial charge >= 0.3 is 0 Å². The molecular formula is C24H27N3O2S. The third kappa shape index (κ3) is 2.89. The Hall–Kier alpha value is -2.57. The van der Waals surface area contributed by atoms with Crippen LogP contribution in [0.4, 0.5) is 5.69 Å². The van der Waals surface area contributed by atoms with Crippen LogP contribution in [0, 0.1) is 20.8 Å². The van der Waals surface area contributed by atoms with E-state index in [0.717, 1.165) is 35.3 Å². The Morgan fingerprint density at radius 2 is 1.63 bits per heavy atom. The van der Waals surface area contributed by atoms with Crippen molar-refractivity contribution in [1.29, 1.82) is 0 Å². The fourth-order valence-electron chi connectivity index (χ4n) is 4.88. The minimum absolute atomic E-state index is 0.252. The average Bonchev–Trinajstić information content (AvgIpc) is 3.21. The molecule has 1 N–H and O–H groups in total. The topological polar surface area (TPSA) is 54.3 Å². The fourth-order valence-corrected chi connectivity index (χ4v) is 6.63. The highest BCUT2D eigenvalue weighted by Gasteiger charge is 2.44. The van der Waals surface area contributed by atoms with Crippen LogP contribution < -0.4 is 5.32 Å². The molecule has 0 aliphatic carbocycles. The number of aryl methyl sites for hydroxylation is 3. The first-order valence-electron chi connectivity index (χ1n) is 10.4. The molecule has 1 spiro atoms. The number of nitrogens with zero attached hydrogens (tertiary/aromatic N) is 2. The van der Waals surface area contributed by atoms with Crippen LogP contribution in [0.3, 0.4) is 0 Å². The second-order valence-corrected chi connectivity index (χ2v) is 10.6. The molecule has 1 saturated heterocycles. The highest BCUT2D eigenvalue weighted by Crippen LogP contribution is 2.44. The SMILES string of the molecule is Cc1ccc2c(c1)NC1(CCN(S(=O)(=O)c3cc(C)ccc3C)CC1)c1cccn1-2. The number of hydrogen-bond donors (Lipinski definition) is 1. The number of nitrogens with one attached hydrogen (secondary N) is 1. The third-order valence-electron chi connectivity index (χ3n) is 6.56. The molecule has 2 aliphatic heterocycles. The molecule has 0 amide bonds. The van der Waals surface area contributed by atoms with Crippen LogP contribution in [-0.4, -0.2) is 30.4 Å². The smallest absolute Gasteiger partial charge is 0.243 e. The van der Waals surface area contributed by atoms with Crippen LogP contribution in [-0.2, 0) is 15.6 Å². The number of anilines is 1. The first kappa shape index (κ1) is 19.4. The van der Waals surface area contributed by atoms with Crippen molar-refractivity contribution in [3.8, 4) is 5.69 Å². The van der Waals surface area contributed by atoms with E-state index in [2.05, 4.69) is 53.3 Å². The fraction of sp³-hybridized carbons (Fsp3) is 0.333. The Morgan fingerprint density at radius 3 is 2.40 bits per heavy atom. The van der Waals surface area contributed by atoms with Crippen LogP contribution in [0.15, 0.2) is 59.6 Å². The average molecular weight is 422 g/mol. The Bertz CT molecular complexity index is 1240. The molecule has 0 atom stereocenters. The van der Waals surface area contributed by atoms with E-state index < -0.39 is 10.0 Å². The summed E-state index contributed by atoms with van der Waals surface area (Å²) >= 11 is 0. The normalized spacial score (nSPS) is 18.0. The van der Waals surface area contributed by atoms with Gasteiger partial charge in [-0.15, -0.1) is 0 Å². The van der Waals surface area contributed by atoms with Crippen LogP contribution in [0.1, 0.15) is 35.2 Å². The predicted octanol–water partition coefficient (Wildman–Crippen LogP) is 4.51. The molecule has 1 aromatic heterocycles. The van der Waals surface area contributed by atoms with Crippen LogP contribution in [0.25, 0.3) is 5.69 Å². The van der Waals surface area contributed by atoms with Crippen molar-refractivity contribution in [1.82, 2.24) is 8.87 Å². The van der Waals surface area contributed by atoms with Gasteiger partial charge in [-0.2, -0.15) is 4.31 Å². The number of piperidine rings is 1. The second-order valence-electron chi connectivity index (χ2n) is 8.66. The quantitative estimate of drug-likeness (QED) is 0.662. The Labute approximate surface area is 178 Å². The standard InChI is InChI=1S/C24H27N3O2S/c1-17-7-9-21-20(15-17)25-24(23-5-4-12-27(21)23)10-13-26(14-11-24)30(28,29)22-16-18(2)6-8-19(22)3/h4-9,12,15-16,25H,10-11,13-14H2,1-3H3.